The Hall–Kier alpha value is -2.62. The predicted octanol–water partition coefficient (Wildman–Crippen LogP) is 3.90. The highest BCUT2D eigenvalue weighted by Gasteiger charge is 2.11. The van der Waals surface area contributed by atoms with Gasteiger partial charge < -0.3 is 9.47 Å². The van der Waals surface area contributed by atoms with Gasteiger partial charge in [0.1, 0.15) is 11.5 Å². The Morgan fingerprint density at radius 2 is 1.82 bits per heavy atom. The fraction of sp³-hybridized carbons (Fsp3) is 0.222. The van der Waals surface area contributed by atoms with Crippen LogP contribution in [0, 0.1) is 0 Å². The van der Waals surface area contributed by atoms with E-state index in [1.807, 2.05) is 0 Å². The van der Waals surface area contributed by atoms with Crippen molar-refractivity contribution in [1.29, 1.82) is 0 Å². The average Bonchev–Trinajstić information content (AvgIpc) is 2.56. The smallest absolute Gasteiger partial charge is 0.343 e. The van der Waals surface area contributed by atoms with Gasteiger partial charge >= 0.3 is 5.97 Å². The van der Waals surface area contributed by atoms with E-state index in [1.54, 1.807) is 48.5 Å². The van der Waals surface area contributed by atoms with E-state index in [1.165, 1.54) is 0 Å². The van der Waals surface area contributed by atoms with Gasteiger partial charge in [0.05, 0.1) is 17.7 Å². The molecule has 114 valence electrons. The molecule has 0 fully saturated rings. The molecule has 4 nitrogen and oxygen atoms in total. The summed E-state index contributed by atoms with van der Waals surface area (Å²) in [4.78, 5) is 23.0. The first-order chi connectivity index (χ1) is 10.7. The molecule has 0 aliphatic rings. The molecule has 0 aromatic heterocycles. The van der Waals surface area contributed by atoms with E-state index in [-0.39, 0.29) is 5.75 Å². The van der Waals surface area contributed by atoms with Crippen molar-refractivity contribution in [1.82, 2.24) is 0 Å². The van der Waals surface area contributed by atoms with Gasteiger partial charge in [0.25, 0.3) is 0 Å². The third-order valence-corrected chi connectivity index (χ3v) is 3.11. The molecule has 0 saturated carbocycles. The van der Waals surface area contributed by atoms with Crippen molar-refractivity contribution < 1.29 is 19.1 Å². The number of para-hydroxylation sites is 1. The average molecular weight is 298 g/mol. The zero-order valence-electron chi connectivity index (χ0n) is 12.5. The summed E-state index contributed by atoms with van der Waals surface area (Å²) in [7, 11) is 0. The van der Waals surface area contributed by atoms with Crippen molar-refractivity contribution in [2.45, 2.75) is 19.8 Å². The summed E-state index contributed by atoms with van der Waals surface area (Å²) in [6.45, 7) is 2.76. The number of hydrogen-bond acceptors (Lipinski definition) is 4. The lowest BCUT2D eigenvalue weighted by molar-refractivity contribution is 0.0733. The molecule has 0 aliphatic heterocycles. The molecule has 2 aromatic carbocycles. The minimum Gasteiger partial charge on any atom is -0.494 e. The van der Waals surface area contributed by atoms with Crippen molar-refractivity contribution in [2.75, 3.05) is 6.61 Å². The second kappa shape index (κ2) is 7.98. The standard InChI is InChI=1S/C18H18O4/c1-2-3-12-21-16-10-8-14(9-11-16)18(20)22-17-7-5-4-6-15(17)13-19/h4-11,13H,2-3,12H2,1H3. The Labute approximate surface area is 129 Å². The zero-order chi connectivity index (χ0) is 15.8. The van der Waals surface area contributed by atoms with Crippen LogP contribution < -0.4 is 9.47 Å². The van der Waals surface area contributed by atoms with E-state index >= 15 is 0 Å². The van der Waals surface area contributed by atoms with Gasteiger partial charge in [-0.05, 0) is 42.8 Å². The summed E-state index contributed by atoms with van der Waals surface area (Å²) >= 11 is 0. The van der Waals surface area contributed by atoms with Gasteiger partial charge in [0, 0.05) is 0 Å². The molecule has 0 spiro atoms. The van der Waals surface area contributed by atoms with Gasteiger partial charge in [-0.2, -0.15) is 0 Å². The van der Waals surface area contributed by atoms with Crippen LogP contribution in [0.3, 0.4) is 0 Å². The van der Waals surface area contributed by atoms with Crippen molar-refractivity contribution in [2.24, 2.45) is 0 Å². The molecular weight excluding hydrogens is 280 g/mol. The number of carbonyl (C=O) groups excluding carboxylic acids is 2. The molecule has 2 rings (SSSR count). The lowest BCUT2D eigenvalue weighted by atomic mass is 10.2. The number of benzene rings is 2. The molecule has 0 N–H and O–H groups in total. The Morgan fingerprint density at radius 3 is 2.50 bits per heavy atom. The number of esters is 1. The number of carbonyl (C=O) groups is 2. The third kappa shape index (κ3) is 4.19. The lowest BCUT2D eigenvalue weighted by Crippen LogP contribution is -2.09. The van der Waals surface area contributed by atoms with E-state index in [4.69, 9.17) is 9.47 Å². The summed E-state index contributed by atoms with van der Waals surface area (Å²) in [5, 5.41) is 0. The molecule has 4 heteroatoms. The summed E-state index contributed by atoms with van der Waals surface area (Å²) in [6.07, 6.45) is 2.72. The monoisotopic (exact) mass is 298 g/mol. The fourth-order valence-electron chi connectivity index (χ4n) is 1.85. The molecule has 22 heavy (non-hydrogen) atoms. The Balaban J connectivity index is 2.02. The maximum Gasteiger partial charge on any atom is 0.343 e. The first-order valence-corrected chi connectivity index (χ1v) is 7.24. The topological polar surface area (TPSA) is 52.6 Å². The van der Waals surface area contributed by atoms with E-state index in [0.717, 1.165) is 18.6 Å². The summed E-state index contributed by atoms with van der Waals surface area (Å²) in [5.74, 6) is 0.471. The molecule has 0 heterocycles. The molecule has 0 unspecified atom stereocenters. The maximum absolute atomic E-state index is 12.1. The highest BCUT2D eigenvalue weighted by molar-refractivity contribution is 5.92. The minimum absolute atomic E-state index is 0.255. The van der Waals surface area contributed by atoms with Crippen LogP contribution in [0.25, 0.3) is 0 Å². The van der Waals surface area contributed by atoms with Gasteiger partial charge in [0.2, 0.25) is 0 Å². The maximum atomic E-state index is 12.1. The molecule has 0 aliphatic carbocycles. The zero-order valence-corrected chi connectivity index (χ0v) is 12.5. The number of ether oxygens (including phenoxy) is 2. The number of hydrogen-bond donors (Lipinski definition) is 0. The number of rotatable bonds is 7. The summed E-state index contributed by atoms with van der Waals surface area (Å²) in [6, 6.07) is 13.4. The van der Waals surface area contributed by atoms with Crippen LogP contribution >= 0.6 is 0 Å². The van der Waals surface area contributed by atoms with Crippen molar-refractivity contribution in [3.05, 3.63) is 59.7 Å². The quantitative estimate of drug-likeness (QED) is 0.337. The highest BCUT2D eigenvalue weighted by atomic mass is 16.5. The predicted molar refractivity (Wildman–Crippen MR) is 83.6 cm³/mol. The minimum atomic E-state index is -0.505. The highest BCUT2D eigenvalue weighted by Crippen LogP contribution is 2.19. The van der Waals surface area contributed by atoms with Crippen LogP contribution in [-0.2, 0) is 0 Å². The van der Waals surface area contributed by atoms with Crippen LogP contribution in [0.5, 0.6) is 11.5 Å². The molecular formula is C18H18O4. The van der Waals surface area contributed by atoms with Crippen LogP contribution in [0.15, 0.2) is 48.5 Å². The molecule has 0 atom stereocenters. The van der Waals surface area contributed by atoms with E-state index < -0.39 is 5.97 Å². The number of aldehydes is 1. The first-order valence-electron chi connectivity index (χ1n) is 7.24. The number of unbranched alkanes of at least 4 members (excludes halogenated alkanes) is 1. The van der Waals surface area contributed by atoms with Crippen LogP contribution in [0.1, 0.15) is 40.5 Å². The van der Waals surface area contributed by atoms with E-state index in [9.17, 15) is 9.59 Å². The van der Waals surface area contributed by atoms with Crippen molar-refractivity contribution in [3.8, 4) is 11.5 Å². The normalized spacial score (nSPS) is 10.0. The van der Waals surface area contributed by atoms with Crippen LogP contribution in [0.4, 0.5) is 0 Å². The summed E-state index contributed by atoms with van der Waals surface area (Å²) < 4.78 is 10.8. The Morgan fingerprint density at radius 1 is 1.09 bits per heavy atom. The molecule has 0 radical (unpaired) electrons. The van der Waals surface area contributed by atoms with E-state index in [2.05, 4.69) is 6.92 Å². The molecule has 0 bridgehead atoms. The third-order valence-electron chi connectivity index (χ3n) is 3.11. The van der Waals surface area contributed by atoms with Crippen molar-refractivity contribution >= 4 is 12.3 Å². The SMILES string of the molecule is CCCCOc1ccc(C(=O)Oc2ccccc2C=O)cc1. The fourth-order valence-corrected chi connectivity index (χ4v) is 1.85. The van der Waals surface area contributed by atoms with Crippen molar-refractivity contribution in [3.63, 3.8) is 0 Å². The lowest BCUT2D eigenvalue weighted by Gasteiger charge is -2.08. The van der Waals surface area contributed by atoms with Crippen LogP contribution in [0.2, 0.25) is 0 Å². The second-order valence-electron chi connectivity index (χ2n) is 4.77. The van der Waals surface area contributed by atoms with E-state index in [0.29, 0.717) is 24.0 Å². The molecule has 0 amide bonds. The van der Waals surface area contributed by atoms with Gasteiger partial charge in [-0.15, -0.1) is 0 Å². The molecule has 0 saturated heterocycles. The Bertz CT molecular complexity index is 632. The Kier molecular flexibility index (Phi) is 5.72. The second-order valence-corrected chi connectivity index (χ2v) is 4.77. The summed E-state index contributed by atoms with van der Waals surface area (Å²) in [5.41, 5.74) is 0.749. The van der Waals surface area contributed by atoms with Crippen LogP contribution in [-0.4, -0.2) is 18.9 Å². The first kappa shape index (κ1) is 15.8. The van der Waals surface area contributed by atoms with Gasteiger partial charge in [-0.25, -0.2) is 4.79 Å². The van der Waals surface area contributed by atoms with Gasteiger partial charge in [-0.1, -0.05) is 25.5 Å². The van der Waals surface area contributed by atoms with Gasteiger partial charge in [0.15, 0.2) is 6.29 Å². The largest absolute Gasteiger partial charge is 0.494 e. The van der Waals surface area contributed by atoms with Gasteiger partial charge in [-0.3, -0.25) is 4.79 Å². The molecule has 2 aromatic rings.